The summed E-state index contributed by atoms with van der Waals surface area (Å²) in [5, 5.41) is 5.46. The number of carbonyl (C=O) groups excluding carboxylic acids is 2. The molecule has 0 aliphatic carbocycles. The van der Waals surface area contributed by atoms with Crippen LogP contribution >= 0.6 is 11.8 Å². The van der Waals surface area contributed by atoms with Gasteiger partial charge in [-0.25, -0.2) is 0 Å². The minimum atomic E-state index is -0.283. The fourth-order valence-corrected chi connectivity index (χ4v) is 2.86. The van der Waals surface area contributed by atoms with Crippen LogP contribution in [0.1, 0.15) is 23.6 Å². The predicted octanol–water partition coefficient (Wildman–Crippen LogP) is 3.68. The molecule has 0 heterocycles. The van der Waals surface area contributed by atoms with Crippen LogP contribution in [0, 0.1) is 13.8 Å². The average Bonchev–Trinajstić information content (AvgIpc) is 2.61. The Kier molecular flexibility index (Phi) is 7.07. The van der Waals surface area contributed by atoms with Crippen molar-refractivity contribution in [2.45, 2.75) is 32.6 Å². The molecule has 2 rings (SSSR count). The first kappa shape index (κ1) is 19.1. The third-order valence-electron chi connectivity index (χ3n) is 3.76. The molecule has 1 unspecified atom stereocenters. The van der Waals surface area contributed by atoms with E-state index in [0.29, 0.717) is 6.54 Å². The number of benzene rings is 2. The number of nitrogens with one attached hydrogen (secondary N) is 2. The van der Waals surface area contributed by atoms with Gasteiger partial charge in [-0.1, -0.05) is 47.5 Å². The summed E-state index contributed by atoms with van der Waals surface area (Å²) in [4.78, 5) is 24.1. The third-order valence-corrected chi connectivity index (χ3v) is 4.90. The molecule has 0 saturated carbocycles. The second-order valence-electron chi connectivity index (χ2n) is 6.07. The monoisotopic (exact) mass is 356 g/mol. The number of amides is 2. The van der Waals surface area contributed by atoms with E-state index in [4.69, 9.17) is 0 Å². The summed E-state index contributed by atoms with van der Waals surface area (Å²) in [6, 6.07) is 15.7. The van der Waals surface area contributed by atoms with Gasteiger partial charge in [0, 0.05) is 12.2 Å². The van der Waals surface area contributed by atoms with E-state index in [2.05, 4.69) is 10.6 Å². The quantitative estimate of drug-likeness (QED) is 0.796. The maximum Gasteiger partial charge on any atom is 0.234 e. The third kappa shape index (κ3) is 6.63. The summed E-state index contributed by atoms with van der Waals surface area (Å²) in [5.41, 5.74) is 4.17. The second-order valence-corrected chi connectivity index (χ2v) is 7.40. The summed E-state index contributed by atoms with van der Waals surface area (Å²) in [6.45, 7) is 6.34. The molecule has 4 nitrogen and oxygen atoms in total. The molecule has 2 amide bonds. The zero-order valence-corrected chi connectivity index (χ0v) is 15.7. The SMILES string of the molecule is Cc1ccc(CNC(=O)C(C)SCC(=O)Nc2ccc(C)cc2)cc1. The van der Waals surface area contributed by atoms with Gasteiger partial charge in [-0.05, 0) is 38.5 Å². The van der Waals surface area contributed by atoms with Gasteiger partial charge in [-0.2, -0.15) is 0 Å². The fraction of sp³-hybridized carbons (Fsp3) is 0.300. The molecule has 25 heavy (non-hydrogen) atoms. The number of anilines is 1. The topological polar surface area (TPSA) is 58.2 Å². The Labute approximate surface area is 153 Å². The van der Waals surface area contributed by atoms with Crippen LogP contribution in [-0.4, -0.2) is 22.8 Å². The summed E-state index contributed by atoms with van der Waals surface area (Å²) in [7, 11) is 0. The zero-order valence-electron chi connectivity index (χ0n) is 14.8. The van der Waals surface area contributed by atoms with Gasteiger partial charge in [-0.3, -0.25) is 9.59 Å². The van der Waals surface area contributed by atoms with Gasteiger partial charge < -0.3 is 10.6 Å². The smallest absolute Gasteiger partial charge is 0.234 e. The molecule has 1 atom stereocenters. The van der Waals surface area contributed by atoms with Crippen LogP contribution in [0.2, 0.25) is 0 Å². The number of carbonyl (C=O) groups is 2. The normalized spacial score (nSPS) is 11.6. The molecule has 0 bridgehead atoms. The predicted molar refractivity (Wildman–Crippen MR) is 105 cm³/mol. The van der Waals surface area contributed by atoms with Crippen molar-refractivity contribution in [3.8, 4) is 0 Å². The van der Waals surface area contributed by atoms with Crippen molar-refractivity contribution in [2.24, 2.45) is 0 Å². The molecule has 0 radical (unpaired) electrons. The fourth-order valence-electron chi connectivity index (χ4n) is 2.15. The standard InChI is InChI=1S/C20H24N2O2S/c1-14-4-8-17(9-5-14)12-21-20(24)16(3)25-13-19(23)22-18-10-6-15(2)7-11-18/h4-11,16H,12-13H2,1-3H3,(H,21,24)(H,22,23). The van der Waals surface area contributed by atoms with Crippen LogP contribution in [0.3, 0.4) is 0 Å². The zero-order chi connectivity index (χ0) is 18.2. The number of thioether (sulfide) groups is 1. The first-order valence-corrected chi connectivity index (χ1v) is 9.30. The van der Waals surface area contributed by atoms with Crippen LogP contribution in [0.25, 0.3) is 0 Å². The van der Waals surface area contributed by atoms with E-state index in [1.165, 1.54) is 17.3 Å². The van der Waals surface area contributed by atoms with E-state index < -0.39 is 0 Å². The molecule has 5 heteroatoms. The van der Waals surface area contributed by atoms with Crippen molar-refractivity contribution in [1.29, 1.82) is 0 Å². The van der Waals surface area contributed by atoms with Crippen LogP contribution in [0.5, 0.6) is 0 Å². The van der Waals surface area contributed by atoms with Gasteiger partial charge >= 0.3 is 0 Å². The Balaban J connectivity index is 1.72. The van der Waals surface area contributed by atoms with Crippen LogP contribution in [0.15, 0.2) is 48.5 Å². The Bertz CT molecular complexity index is 711. The van der Waals surface area contributed by atoms with Gasteiger partial charge in [0.05, 0.1) is 11.0 Å². The molecule has 0 aromatic heterocycles. The number of hydrogen-bond acceptors (Lipinski definition) is 3. The maximum atomic E-state index is 12.1. The molecular formula is C20H24N2O2S. The van der Waals surface area contributed by atoms with E-state index in [0.717, 1.165) is 16.8 Å². The Morgan fingerprint density at radius 3 is 2.12 bits per heavy atom. The van der Waals surface area contributed by atoms with Gasteiger partial charge in [0.2, 0.25) is 11.8 Å². The molecular weight excluding hydrogens is 332 g/mol. The Morgan fingerprint density at radius 1 is 0.960 bits per heavy atom. The van der Waals surface area contributed by atoms with Crippen LogP contribution in [-0.2, 0) is 16.1 Å². The summed E-state index contributed by atoms with van der Waals surface area (Å²) in [6.07, 6.45) is 0. The minimum Gasteiger partial charge on any atom is -0.351 e. The van der Waals surface area contributed by atoms with E-state index in [1.54, 1.807) is 0 Å². The molecule has 0 aliphatic heterocycles. The van der Waals surface area contributed by atoms with E-state index in [1.807, 2.05) is 69.3 Å². The lowest BCUT2D eigenvalue weighted by Crippen LogP contribution is -2.31. The van der Waals surface area contributed by atoms with Crippen molar-refractivity contribution in [3.05, 3.63) is 65.2 Å². The lowest BCUT2D eigenvalue weighted by Gasteiger charge is -2.12. The molecule has 0 spiro atoms. The number of rotatable bonds is 7. The molecule has 0 saturated heterocycles. The first-order valence-electron chi connectivity index (χ1n) is 8.25. The molecule has 0 fully saturated rings. The minimum absolute atomic E-state index is 0.0614. The van der Waals surface area contributed by atoms with Gasteiger partial charge in [0.1, 0.15) is 0 Å². The van der Waals surface area contributed by atoms with E-state index in [9.17, 15) is 9.59 Å². The van der Waals surface area contributed by atoms with Gasteiger partial charge in [-0.15, -0.1) is 11.8 Å². The highest BCUT2D eigenvalue weighted by atomic mass is 32.2. The molecule has 2 N–H and O–H groups in total. The number of hydrogen-bond donors (Lipinski definition) is 2. The van der Waals surface area contributed by atoms with Crippen LogP contribution in [0.4, 0.5) is 5.69 Å². The van der Waals surface area contributed by atoms with Crippen LogP contribution < -0.4 is 10.6 Å². The number of aryl methyl sites for hydroxylation is 2. The van der Waals surface area contributed by atoms with Crippen molar-refractivity contribution in [2.75, 3.05) is 11.1 Å². The van der Waals surface area contributed by atoms with Crippen molar-refractivity contribution < 1.29 is 9.59 Å². The summed E-state index contributed by atoms with van der Waals surface area (Å²) in [5.74, 6) is 0.0771. The highest BCUT2D eigenvalue weighted by Gasteiger charge is 2.15. The lowest BCUT2D eigenvalue weighted by atomic mass is 10.1. The van der Waals surface area contributed by atoms with E-state index >= 15 is 0 Å². The van der Waals surface area contributed by atoms with Gasteiger partial charge in [0.25, 0.3) is 0 Å². The van der Waals surface area contributed by atoms with Crippen molar-refractivity contribution in [1.82, 2.24) is 5.32 Å². The molecule has 2 aromatic rings. The lowest BCUT2D eigenvalue weighted by molar-refractivity contribution is -0.120. The van der Waals surface area contributed by atoms with E-state index in [-0.39, 0.29) is 22.8 Å². The Hall–Kier alpha value is -2.27. The highest BCUT2D eigenvalue weighted by Crippen LogP contribution is 2.13. The van der Waals surface area contributed by atoms with Crippen molar-refractivity contribution >= 4 is 29.3 Å². The highest BCUT2D eigenvalue weighted by molar-refractivity contribution is 8.01. The maximum absolute atomic E-state index is 12.1. The molecule has 2 aromatic carbocycles. The average molecular weight is 356 g/mol. The molecule has 0 aliphatic rings. The first-order chi connectivity index (χ1) is 11.9. The van der Waals surface area contributed by atoms with Gasteiger partial charge in [0.15, 0.2) is 0 Å². The summed E-state index contributed by atoms with van der Waals surface area (Å²) >= 11 is 1.33. The summed E-state index contributed by atoms with van der Waals surface area (Å²) < 4.78 is 0. The largest absolute Gasteiger partial charge is 0.351 e. The van der Waals surface area contributed by atoms with Crippen molar-refractivity contribution in [3.63, 3.8) is 0 Å². The Morgan fingerprint density at radius 2 is 1.52 bits per heavy atom. The second kappa shape index (κ2) is 9.28. The molecule has 132 valence electrons.